The molecule has 4 nitrogen and oxygen atoms in total. The van der Waals surface area contributed by atoms with Crippen molar-refractivity contribution in [3.63, 3.8) is 0 Å². The first-order chi connectivity index (χ1) is 16.0. The summed E-state index contributed by atoms with van der Waals surface area (Å²) >= 11 is 0. The van der Waals surface area contributed by atoms with Gasteiger partial charge in [-0.1, -0.05) is 75.3 Å². The van der Waals surface area contributed by atoms with Crippen molar-refractivity contribution in [3.8, 4) is 5.75 Å². The van der Waals surface area contributed by atoms with E-state index in [1.165, 1.54) is 0 Å². The Kier molecular flexibility index (Phi) is 10.7. The van der Waals surface area contributed by atoms with Crippen LogP contribution in [0.4, 0.5) is 0 Å². The molecule has 0 fully saturated rings. The molecule has 36 heavy (non-hydrogen) atoms. The minimum Gasteiger partial charge on any atom is -0.689 e. The topological polar surface area (TPSA) is 44.8 Å². The lowest BCUT2D eigenvalue weighted by Gasteiger charge is -2.50. The third-order valence-corrected chi connectivity index (χ3v) is 17.0. The predicted octanol–water partition coefficient (Wildman–Crippen LogP) is 8.81. The molecule has 0 atom stereocenters. The third-order valence-electron chi connectivity index (χ3n) is 8.08. The molecule has 0 N–H and O–H groups in total. The van der Waals surface area contributed by atoms with E-state index in [-0.39, 0.29) is 27.9 Å². The Balaban J connectivity index is 3.48. The van der Waals surface area contributed by atoms with Gasteiger partial charge in [0.1, 0.15) is 0 Å². The molecule has 1 rings (SSSR count). The Morgan fingerprint density at radius 1 is 1.00 bits per heavy atom. The van der Waals surface area contributed by atoms with Gasteiger partial charge < -0.3 is 13.6 Å². The van der Waals surface area contributed by atoms with Crippen LogP contribution in [0, 0.1) is 12.8 Å². The molecular weight excluding hydrogens is 480 g/mol. The van der Waals surface area contributed by atoms with Crippen LogP contribution in [-0.4, -0.2) is 35.8 Å². The lowest BCUT2D eigenvalue weighted by molar-refractivity contribution is -0.143. The number of benzene rings is 1. The maximum Gasteiger partial charge on any atom is 0.310 e. The maximum absolute atomic E-state index is 12.8. The number of esters is 1. The monoisotopic (exact) mass is 536 g/mol. The summed E-state index contributed by atoms with van der Waals surface area (Å²) in [6.07, 6.45) is 1.11. The molecule has 1 aromatic carbocycles. The fourth-order valence-corrected chi connectivity index (χ4v) is 5.67. The molecular formula is C30H56O4Si2-. The van der Waals surface area contributed by atoms with Crippen LogP contribution in [0.2, 0.25) is 36.3 Å². The van der Waals surface area contributed by atoms with Crippen molar-refractivity contribution in [1.29, 1.82) is 0 Å². The summed E-state index contributed by atoms with van der Waals surface area (Å²) in [6.45, 7) is 34.6. The quantitative estimate of drug-likeness (QED) is 0.209. The van der Waals surface area contributed by atoms with Crippen molar-refractivity contribution in [3.05, 3.63) is 28.8 Å². The van der Waals surface area contributed by atoms with E-state index in [1.807, 2.05) is 0 Å². The summed E-state index contributed by atoms with van der Waals surface area (Å²) in [5.74, 6) is 1.06. The molecule has 0 aliphatic rings. The Morgan fingerprint density at radius 2 is 1.56 bits per heavy atom. The number of carbonyl (C=O) groups is 1. The fraction of sp³-hybridized carbons (Fsp3) is 0.767. The zero-order valence-electron chi connectivity index (χ0n) is 26.2. The van der Waals surface area contributed by atoms with Crippen molar-refractivity contribution >= 4 is 22.6 Å². The number of hydrogen-bond donors (Lipinski definition) is 0. The van der Waals surface area contributed by atoms with Gasteiger partial charge in [0.15, 0.2) is 8.32 Å². The van der Waals surface area contributed by atoms with E-state index < -0.39 is 16.6 Å². The normalized spacial score (nSPS) is 13.8. The minimum absolute atomic E-state index is 0.0694. The van der Waals surface area contributed by atoms with E-state index in [4.69, 9.17) is 13.6 Å². The van der Waals surface area contributed by atoms with Crippen LogP contribution in [0.25, 0.3) is 0 Å². The number of hydrogen-bond acceptors (Lipinski definition) is 4. The molecule has 0 radical (unpaired) electrons. The second-order valence-electron chi connectivity index (χ2n) is 14.7. The number of carbonyl (C=O) groups excluding carboxylic acids is 1. The van der Waals surface area contributed by atoms with Gasteiger partial charge in [0.25, 0.3) is 0 Å². The van der Waals surface area contributed by atoms with Gasteiger partial charge in [0, 0.05) is 14.9 Å². The largest absolute Gasteiger partial charge is 0.689 e. The first kappa shape index (κ1) is 32.9. The molecule has 0 bridgehead atoms. The number of aryl methyl sites for hydroxylation is 1. The molecule has 1 aromatic rings. The first-order valence-electron chi connectivity index (χ1n) is 13.6. The van der Waals surface area contributed by atoms with Gasteiger partial charge in [0.05, 0.1) is 18.8 Å². The zero-order chi connectivity index (χ0) is 28.3. The van der Waals surface area contributed by atoms with Crippen molar-refractivity contribution in [1.82, 2.24) is 0 Å². The van der Waals surface area contributed by atoms with Crippen LogP contribution in [0.15, 0.2) is 12.1 Å². The molecule has 6 heteroatoms. The first-order valence-corrected chi connectivity index (χ1v) is 19.4. The third kappa shape index (κ3) is 9.02. The van der Waals surface area contributed by atoms with Gasteiger partial charge in [0.2, 0.25) is 0 Å². The lowest BCUT2D eigenvalue weighted by atomic mass is 9.77. The highest BCUT2D eigenvalue weighted by molar-refractivity contribution is 6.75. The van der Waals surface area contributed by atoms with Crippen molar-refractivity contribution in [2.24, 2.45) is 5.92 Å². The Morgan fingerprint density at radius 3 is 2.03 bits per heavy atom. The molecule has 0 amide bonds. The highest BCUT2D eigenvalue weighted by atomic mass is 28.4. The molecule has 0 aliphatic carbocycles. The molecule has 209 valence electrons. The average Bonchev–Trinajstić information content (AvgIpc) is 2.63. The number of rotatable bonds is 11. The lowest BCUT2D eigenvalue weighted by Crippen LogP contribution is -2.44. The van der Waals surface area contributed by atoms with Crippen LogP contribution >= 0.6 is 0 Å². The Bertz CT molecular complexity index is 887. The highest BCUT2D eigenvalue weighted by Crippen LogP contribution is 2.44. The van der Waals surface area contributed by atoms with Crippen LogP contribution in [0.5, 0.6) is 5.75 Å². The molecule has 0 saturated carbocycles. The van der Waals surface area contributed by atoms with Gasteiger partial charge in [-0.3, -0.25) is 4.79 Å². The predicted molar refractivity (Wildman–Crippen MR) is 159 cm³/mol. The molecule has 0 unspecified atom stereocenters. The average molecular weight is 537 g/mol. The van der Waals surface area contributed by atoms with E-state index in [2.05, 4.69) is 114 Å². The molecule has 0 saturated heterocycles. The van der Waals surface area contributed by atoms with Gasteiger partial charge in [-0.25, -0.2) is 0 Å². The second kappa shape index (κ2) is 11.7. The molecule has 0 heterocycles. The Hall–Kier alpha value is -1.12. The van der Waals surface area contributed by atoms with Crippen molar-refractivity contribution in [2.75, 3.05) is 13.2 Å². The summed E-state index contributed by atoms with van der Waals surface area (Å²) in [7, 11) is -3.95. The van der Waals surface area contributed by atoms with E-state index >= 15 is 0 Å². The summed E-state index contributed by atoms with van der Waals surface area (Å²) < 4.78 is 19.1. The van der Waals surface area contributed by atoms with Gasteiger partial charge >= 0.3 is 5.97 Å². The van der Waals surface area contributed by atoms with Crippen LogP contribution < -0.4 is 4.43 Å². The summed E-state index contributed by atoms with van der Waals surface area (Å²) in [6, 6.07) is 4.30. The van der Waals surface area contributed by atoms with Crippen molar-refractivity contribution < 1.29 is 18.4 Å². The van der Waals surface area contributed by atoms with Crippen LogP contribution in [0.1, 0.15) is 92.3 Å². The van der Waals surface area contributed by atoms with Gasteiger partial charge in [-0.05, 0) is 65.6 Å². The van der Waals surface area contributed by atoms with E-state index in [9.17, 15) is 4.79 Å². The standard InChI is InChI=1S/C30H56O4Si2/c1-22(2)21-32-26(31)20-24-18-23(3)19-25(34-36(14,15)29(7,8)9)27(24)30(10,11)16-17-33-35(12,13)28(4,5)6/h18-19,22H,16-17,20-21H2,1-15H3/q-1. The second-order valence-corrected chi connectivity index (χ2v) is 24.2. The van der Waals surface area contributed by atoms with E-state index in [0.29, 0.717) is 19.1 Å². The molecule has 0 aromatic heterocycles. The summed E-state index contributed by atoms with van der Waals surface area (Å²) in [5.41, 5.74) is 3.00. The van der Waals surface area contributed by atoms with E-state index in [1.54, 1.807) is 0 Å². The van der Waals surface area contributed by atoms with Crippen molar-refractivity contribution in [2.45, 2.75) is 131 Å². The fourth-order valence-electron chi connectivity index (χ4n) is 3.61. The Labute approximate surface area is 225 Å². The van der Waals surface area contributed by atoms with Gasteiger partial charge in [-0.2, -0.15) is 0 Å². The summed E-state index contributed by atoms with van der Waals surface area (Å²) in [5, 5.41) is 0.239. The SMILES string of the molecule is Cc1cc(CC(=O)OCC(C)C)c(C(C)(C)CCO[Si](C)(C)C(C)(C)C)c(O[Si-](C)(C)C(C)(C)C)c1. The highest BCUT2D eigenvalue weighted by Gasteiger charge is 2.38. The molecule has 0 spiro atoms. The minimum atomic E-state index is -2.10. The van der Waals surface area contributed by atoms with Crippen LogP contribution in [-0.2, 0) is 25.8 Å². The maximum atomic E-state index is 12.8. The van der Waals surface area contributed by atoms with Gasteiger partial charge in [-0.15, -0.1) is 18.1 Å². The zero-order valence-corrected chi connectivity index (χ0v) is 28.2. The smallest absolute Gasteiger partial charge is 0.310 e. The molecule has 0 aliphatic heterocycles. The number of ether oxygens (including phenoxy) is 1. The van der Waals surface area contributed by atoms with Crippen LogP contribution in [0.3, 0.4) is 0 Å². The summed E-state index contributed by atoms with van der Waals surface area (Å²) in [4.78, 5) is 12.8. The van der Waals surface area contributed by atoms with E-state index in [0.717, 1.165) is 28.9 Å².